The lowest BCUT2D eigenvalue weighted by Crippen LogP contribution is -2.15. The molecule has 3 nitrogen and oxygen atoms in total. The lowest BCUT2D eigenvalue weighted by molar-refractivity contribution is -0.136. The lowest BCUT2D eigenvalue weighted by Gasteiger charge is -2.00. The molecule has 1 rings (SSSR count). The molecule has 0 saturated carbocycles. The van der Waals surface area contributed by atoms with Gasteiger partial charge in [0.2, 0.25) is 0 Å². The molecule has 1 N–H and O–H groups in total. The van der Waals surface area contributed by atoms with E-state index in [0.717, 1.165) is 5.76 Å². The summed E-state index contributed by atoms with van der Waals surface area (Å²) in [6.07, 6.45) is 0.326. The van der Waals surface area contributed by atoms with E-state index < -0.39 is 11.2 Å². The van der Waals surface area contributed by atoms with Crippen LogP contribution in [0.25, 0.3) is 0 Å². The largest absolute Gasteiger partial charge is 0.480 e. The van der Waals surface area contributed by atoms with Crippen LogP contribution in [0, 0.1) is 6.92 Å². The van der Waals surface area contributed by atoms with Crippen LogP contribution in [0.15, 0.2) is 16.5 Å². The highest BCUT2D eigenvalue weighted by atomic mass is 32.1. The summed E-state index contributed by atoms with van der Waals surface area (Å²) in [5, 5.41) is 7.85. The van der Waals surface area contributed by atoms with Crippen LogP contribution >= 0.6 is 12.6 Å². The van der Waals surface area contributed by atoms with Crippen molar-refractivity contribution in [2.24, 2.45) is 0 Å². The van der Waals surface area contributed by atoms with Gasteiger partial charge in [0, 0.05) is 6.42 Å². The molecule has 1 atom stereocenters. The Morgan fingerprint density at radius 1 is 1.75 bits per heavy atom. The minimum Gasteiger partial charge on any atom is -0.480 e. The van der Waals surface area contributed by atoms with Crippen molar-refractivity contribution >= 4 is 18.6 Å². The van der Waals surface area contributed by atoms with Gasteiger partial charge in [0.05, 0.1) is 0 Å². The zero-order valence-electron chi connectivity index (χ0n) is 6.65. The van der Waals surface area contributed by atoms with Crippen LogP contribution in [-0.4, -0.2) is 16.3 Å². The van der Waals surface area contributed by atoms with Gasteiger partial charge in [-0.05, 0) is 19.1 Å². The summed E-state index contributed by atoms with van der Waals surface area (Å²) in [6, 6.07) is 3.57. The molecule has 0 fully saturated rings. The summed E-state index contributed by atoms with van der Waals surface area (Å²) >= 11 is 3.89. The second-order valence-electron chi connectivity index (χ2n) is 2.57. The first-order chi connectivity index (χ1) is 5.59. The average molecular weight is 186 g/mol. The molecular formula is C8H10O3S. The number of furan rings is 1. The second kappa shape index (κ2) is 3.67. The first-order valence-corrected chi connectivity index (χ1v) is 4.07. The van der Waals surface area contributed by atoms with Gasteiger partial charge in [-0.1, -0.05) is 0 Å². The van der Waals surface area contributed by atoms with Crippen molar-refractivity contribution in [2.75, 3.05) is 0 Å². The van der Waals surface area contributed by atoms with E-state index in [1.54, 1.807) is 12.1 Å². The van der Waals surface area contributed by atoms with Crippen molar-refractivity contribution in [3.05, 3.63) is 23.7 Å². The molecule has 0 radical (unpaired) electrons. The van der Waals surface area contributed by atoms with E-state index in [1.165, 1.54) is 0 Å². The molecule has 0 saturated heterocycles. The molecule has 0 bridgehead atoms. The summed E-state index contributed by atoms with van der Waals surface area (Å²) < 4.78 is 5.19. The summed E-state index contributed by atoms with van der Waals surface area (Å²) in [6.45, 7) is 1.82. The van der Waals surface area contributed by atoms with Gasteiger partial charge in [-0.3, -0.25) is 4.79 Å². The van der Waals surface area contributed by atoms with Crippen molar-refractivity contribution in [1.29, 1.82) is 0 Å². The number of carboxylic acid groups (broad SMARTS) is 1. The van der Waals surface area contributed by atoms with Gasteiger partial charge in [-0.2, -0.15) is 12.6 Å². The Balaban J connectivity index is 2.58. The van der Waals surface area contributed by atoms with E-state index in [9.17, 15) is 4.79 Å². The highest BCUT2D eigenvalue weighted by Gasteiger charge is 2.14. The number of aryl methyl sites for hydroxylation is 1. The molecule has 4 heteroatoms. The molecule has 66 valence electrons. The third-order valence-corrected chi connectivity index (χ3v) is 1.88. The average Bonchev–Trinajstić information content (AvgIpc) is 2.35. The van der Waals surface area contributed by atoms with E-state index in [0.29, 0.717) is 12.2 Å². The smallest absolute Gasteiger partial charge is 0.316 e. The molecule has 12 heavy (non-hydrogen) atoms. The minimum absolute atomic E-state index is 0.326. The fraction of sp³-hybridized carbons (Fsp3) is 0.375. The molecule has 0 spiro atoms. The summed E-state index contributed by atoms with van der Waals surface area (Å²) in [5.74, 6) is 0.526. The first-order valence-electron chi connectivity index (χ1n) is 3.56. The maximum atomic E-state index is 10.4. The van der Waals surface area contributed by atoms with Crippen LogP contribution in [0.5, 0.6) is 0 Å². The molecule has 1 aromatic rings. The van der Waals surface area contributed by atoms with E-state index in [-0.39, 0.29) is 0 Å². The molecule has 0 aromatic carbocycles. The third kappa shape index (κ3) is 2.30. The van der Waals surface area contributed by atoms with E-state index in [1.807, 2.05) is 6.92 Å². The number of thiol groups is 1. The monoisotopic (exact) mass is 186 g/mol. The molecule has 0 aliphatic heterocycles. The Morgan fingerprint density at radius 2 is 2.42 bits per heavy atom. The van der Waals surface area contributed by atoms with Crippen LogP contribution in [0.1, 0.15) is 11.5 Å². The number of hydrogen-bond donors (Lipinski definition) is 2. The van der Waals surface area contributed by atoms with Crippen molar-refractivity contribution in [1.82, 2.24) is 0 Å². The zero-order valence-corrected chi connectivity index (χ0v) is 7.54. The topological polar surface area (TPSA) is 50.4 Å². The van der Waals surface area contributed by atoms with E-state index in [2.05, 4.69) is 12.6 Å². The van der Waals surface area contributed by atoms with Gasteiger partial charge in [0.1, 0.15) is 16.8 Å². The van der Waals surface area contributed by atoms with Crippen LogP contribution in [0.4, 0.5) is 0 Å². The Kier molecular flexibility index (Phi) is 2.81. The molecule has 1 unspecified atom stereocenters. The molecule has 0 aliphatic rings. The number of rotatable bonds is 3. The second-order valence-corrected chi connectivity index (χ2v) is 3.19. The summed E-state index contributed by atoms with van der Waals surface area (Å²) in [7, 11) is 0. The zero-order chi connectivity index (χ0) is 9.14. The van der Waals surface area contributed by atoms with Gasteiger partial charge in [0.25, 0.3) is 0 Å². The van der Waals surface area contributed by atoms with Crippen LogP contribution in [0.2, 0.25) is 0 Å². The SMILES string of the molecule is Cc1ccc(CC(S)C(=O)O)o1. The molecule has 0 aliphatic carbocycles. The van der Waals surface area contributed by atoms with E-state index >= 15 is 0 Å². The van der Waals surface area contributed by atoms with Crippen molar-refractivity contribution in [2.45, 2.75) is 18.6 Å². The fourth-order valence-electron chi connectivity index (χ4n) is 0.873. The number of carbonyl (C=O) groups is 1. The fourth-order valence-corrected chi connectivity index (χ4v) is 1.05. The predicted molar refractivity (Wildman–Crippen MR) is 47.6 cm³/mol. The van der Waals surface area contributed by atoms with Gasteiger partial charge in [-0.15, -0.1) is 0 Å². The van der Waals surface area contributed by atoms with E-state index in [4.69, 9.17) is 9.52 Å². The Hall–Kier alpha value is -0.900. The van der Waals surface area contributed by atoms with Crippen molar-refractivity contribution < 1.29 is 14.3 Å². The summed E-state index contributed by atoms with van der Waals surface area (Å²) in [5.41, 5.74) is 0. The normalized spacial score (nSPS) is 12.8. The standard InChI is InChI=1S/C8H10O3S/c1-5-2-3-6(11-5)4-7(12)8(9)10/h2-3,7,12H,4H2,1H3,(H,9,10). The van der Waals surface area contributed by atoms with Gasteiger partial charge >= 0.3 is 5.97 Å². The quantitative estimate of drug-likeness (QED) is 0.703. The number of hydrogen-bond acceptors (Lipinski definition) is 3. The highest BCUT2D eigenvalue weighted by molar-refractivity contribution is 7.81. The number of carboxylic acids is 1. The highest BCUT2D eigenvalue weighted by Crippen LogP contribution is 2.11. The maximum absolute atomic E-state index is 10.4. The Bertz CT molecular complexity index is 280. The molecular weight excluding hydrogens is 176 g/mol. The molecule has 1 heterocycles. The molecule has 1 aromatic heterocycles. The minimum atomic E-state index is -0.924. The Labute approximate surface area is 75.8 Å². The maximum Gasteiger partial charge on any atom is 0.316 e. The van der Waals surface area contributed by atoms with Crippen molar-refractivity contribution in [3.63, 3.8) is 0 Å². The lowest BCUT2D eigenvalue weighted by atomic mass is 10.2. The van der Waals surface area contributed by atoms with Crippen molar-refractivity contribution in [3.8, 4) is 0 Å². The van der Waals surface area contributed by atoms with Gasteiger partial charge in [0.15, 0.2) is 0 Å². The van der Waals surface area contributed by atoms with Crippen LogP contribution in [-0.2, 0) is 11.2 Å². The van der Waals surface area contributed by atoms with Crippen LogP contribution < -0.4 is 0 Å². The van der Waals surface area contributed by atoms with Gasteiger partial charge < -0.3 is 9.52 Å². The van der Waals surface area contributed by atoms with Gasteiger partial charge in [-0.25, -0.2) is 0 Å². The first kappa shape index (κ1) is 9.19. The Morgan fingerprint density at radius 3 is 2.83 bits per heavy atom. The predicted octanol–water partition coefficient (Wildman–Crippen LogP) is 1.51. The van der Waals surface area contributed by atoms with Crippen LogP contribution in [0.3, 0.4) is 0 Å². The summed E-state index contributed by atoms with van der Waals surface area (Å²) in [4.78, 5) is 10.4. The third-order valence-electron chi connectivity index (χ3n) is 1.48. The molecule has 0 amide bonds. The number of aliphatic carboxylic acids is 1.